The molecular weight excluding hydrogens is 260 g/mol. The molecular formula is C10H14N2O5S. The van der Waals surface area contributed by atoms with Gasteiger partial charge in [-0.25, -0.2) is 0 Å². The van der Waals surface area contributed by atoms with Crippen LogP contribution in [0.25, 0.3) is 0 Å². The molecule has 0 saturated heterocycles. The second-order valence-corrected chi connectivity index (χ2v) is 4.06. The lowest BCUT2D eigenvalue weighted by Crippen LogP contribution is -2.27. The molecule has 18 heavy (non-hydrogen) atoms. The molecule has 0 radical (unpaired) electrons. The molecule has 0 spiro atoms. The summed E-state index contributed by atoms with van der Waals surface area (Å²) in [7, 11) is 2.44. The summed E-state index contributed by atoms with van der Waals surface area (Å²) in [5.74, 6) is -1.86. The summed E-state index contributed by atoms with van der Waals surface area (Å²) in [6.45, 7) is 0. The Morgan fingerprint density at radius 1 is 1.28 bits per heavy atom. The summed E-state index contributed by atoms with van der Waals surface area (Å²) in [5.41, 5.74) is 0. The minimum atomic E-state index is -0.968. The fraction of sp³-hybridized carbons (Fsp3) is 0.600. The Labute approximate surface area is 108 Å². The molecule has 0 aliphatic heterocycles. The van der Waals surface area contributed by atoms with E-state index < -0.39 is 17.9 Å². The van der Waals surface area contributed by atoms with E-state index in [9.17, 15) is 9.59 Å². The minimum Gasteiger partial charge on any atom is -0.468 e. The molecule has 0 N–H and O–H groups in total. The van der Waals surface area contributed by atoms with Crippen LogP contribution in [0.3, 0.4) is 0 Å². The molecule has 0 aliphatic carbocycles. The van der Waals surface area contributed by atoms with E-state index in [1.54, 1.807) is 0 Å². The van der Waals surface area contributed by atoms with Crippen molar-refractivity contribution in [3.8, 4) is 0 Å². The fourth-order valence-electron chi connectivity index (χ4n) is 1.31. The monoisotopic (exact) mass is 274 g/mol. The number of carbonyl (C=O) groups is 2. The number of hydrogen-bond acceptors (Lipinski definition) is 8. The molecule has 0 saturated carbocycles. The molecule has 1 heterocycles. The second-order valence-electron chi connectivity index (χ2n) is 3.30. The summed E-state index contributed by atoms with van der Waals surface area (Å²) in [5, 5.41) is 7.99. The number of esters is 2. The van der Waals surface area contributed by atoms with Crippen molar-refractivity contribution < 1.29 is 23.5 Å². The van der Waals surface area contributed by atoms with E-state index in [-0.39, 0.29) is 6.42 Å². The van der Waals surface area contributed by atoms with Gasteiger partial charge in [-0.1, -0.05) is 11.8 Å². The van der Waals surface area contributed by atoms with Gasteiger partial charge in [-0.2, -0.15) is 0 Å². The highest BCUT2D eigenvalue weighted by molar-refractivity contribution is 7.98. The number of thioether (sulfide) groups is 1. The fourth-order valence-corrected chi connectivity index (χ4v) is 1.61. The van der Waals surface area contributed by atoms with Gasteiger partial charge in [-0.05, 0) is 12.7 Å². The summed E-state index contributed by atoms with van der Waals surface area (Å²) in [4.78, 5) is 22.8. The maximum Gasteiger partial charge on any atom is 0.320 e. The summed E-state index contributed by atoms with van der Waals surface area (Å²) >= 11 is 1.32. The Balaban J connectivity index is 2.61. The number of nitrogens with zero attached hydrogens (tertiary/aromatic N) is 2. The lowest BCUT2D eigenvalue weighted by Gasteiger charge is -2.10. The van der Waals surface area contributed by atoms with E-state index in [1.165, 1.54) is 26.0 Å². The largest absolute Gasteiger partial charge is 0.468 e. The molecule has 0 atom stereocenters. The summed E-state index contributed by atoms with van der Waals surface area (Å²) in [6, 6.07) is 0. The van der Waals surface area contributed by atoms with Gasteiger partial charge >= 0.3 is 11.9 Å². The molecule has 0 amide bonds. The number of carbonyl (C=O) groups excluding carboxylic acids is 2. The minimum absolute atomic E-state index is 0.204. The van der Waals surface area contributed by atoms with Crippen LogP contribution in [-0.2, 0) is 25.5 Å². The third-order valence-electron chi connectivity index (χ3n) is 2.24. The van der Waals surface area contributed by atoms with Gasteiger partial charge < -0.3 is 13.9 Å². The summed E-state index contributed by atoms with van der Waals surface area (Å²) < 4.78 is 14.3. The molecule has 0 bridgehead atoms. The number of ether oxygens (including phenoxy) is 2. The van der Waals surface area contributed by atoms with Gasteiger partial charge in [0.1, 0.15) is 0 Å². The molecule has 7 nitrogen and oxygen atoms in total. The van der Waals surface area contributed by atoms with Crippen molar-refractivity contribution in [2.75, 3.05) is 20.5 Å². The summed E-state index contributed by atoms with van der Waals surface area (Å²) in [6.07, 6.45) is 2.32. The molecule has 1 rings (SSSR count). The van der Waals surface area contributed by atoms with Crippen LogP contribution < -0.4 is 0 Å². The first-order chi connectivity index (χ1) is 8.62. The first kappa shape index (κ1) is 14.5. The van der Waals surface area contributed by atoms with Crippen molar-refractivity contribution >= 4 is 23.7 Å². The van der Waals surface area contributed by atoms with Crippen LogP contribution in [0.5, 0.6) is 0 Å². The Kier molecular flexibility index (Phi) is 5.63. The predicted molar refractivity (Wildman–Crippen MR) is 61.9 cm³/mol. The Hall–Kier alpha value is -1.57. The average molecular weight is 274 g/mol. The average Bonchev–Trinajstić information content (AvgIpc) is 2.86. The maximum atomic E-state index is 11.4. The van der Waals surface area contributed by atoms with Gasteiger partial charge in [0.2, 0.25) is 5.89 Å². The van der Waals surface area contributed by atoms with Gasteiger partial charge in [0.25, 0.3) is 5.22 Å². The Bertz CT molecular complexity index is 404. The molecule has 0 unspecified atom stereocenters. The van der Waals surface area contributed by atoms with E-state index in [4.69, 9.17) is 4.42 Å². The predicted octanol–water partition coefficient (Wildman–Crippen LogP) is 0.686. The highest BCUT2D eigenvalue weighted by Gasteiger charge is 2.28. The van der Waals surface area contributed by atoms with Crippen LogP contribution in [0, 0.1) is 5.92 Å². The number of hydrogen-bond donors (Lipinski definition) is 0. The maximum absolute atomic E-state index is 11.4. The van der Waals surface area contributed by atoms with Crippen molar-refractivity contribution in [2.45, 2.75) is 18.1 Å². The van der Waals surface area contributed by atoms with E-state index in [2.05, 4.69) is 19.7 Å². The number of rotatable bonds is 6. The molecule has 1 aromatic heterocycles. The molecule has 100 valence electrons. The van der Waals surface area contributed by atoms with Crippen molar-refractivity contribution in [1.82, 2.24) is 10.2 Å². The zero-order chi connectivity index (χ0) is 13.5. The standard InChI is InChI=1S/C10H14N2O5S/c1-15-8(13)6(9(14)16-2)4-5-7-11-12-10(17-7)18-3/h6H,4-5H2,1-3H3. The van der Waals surface area contributed by atoms with E-state index >= 15 is 0 Å². The van der Waals surface area contributed by atoms with Gasteiger partial charge in [-0.3, -0.25) is 9.59 Å². The molecule has 0 aromatic carbocycles. The van der Waals surface area contributed by atoms with Gasteiger partial charge in [0.15, 0.2) is 5.92 Å². The molecule has 1 aromatic rings. The van der Waals surface area contributed by atoms with E-state index in [0.717, 1.165) is 0 Å². The Morgan fingerprint density at radius 2 is 1.89 bits per heavy atom. The quantitative estimate of drug-likeness (QED) is 0.425. The first-order valence-electron chi connectivity index (χ1n) is 5.14. The van der Waals surface area contributed by atoms with Crippen LogP contribution in [0.15, 0.2) is 9.64 Å². The lowest BCUT2D eigenvalue weighted by molar-refractivity contribution is -0.159. The lowest BCUT2D eigenvalue weighted by atomic mass is 10.0. The number of aromatic nitrogens is 2. The number of aryl methyl sites for hydroxylation is 1. The van der Waals surface area contributed by atoms with Crippen LogP contribution in [-0.4, -0.2) is 42.6 Å². The molecule has 8 heteroatoms. The Morgan fingerprint density at radius 3 is 2.33 bits per heavy atom. The van der Waals surface area contributed by atoms with Crippen molar-refractivity contribution in [2.24, 2.45) is 5.92 Å². The molecule has 0 aliphatic rings. The highest BCUT2D eigenvalue weighted by atomic mass is 32.2. The zero-order valence-electron chi connectivity index (χ0n) is 10.3. The van der Waals surface area contributed by atoms with Gasteiger partial charge in [-0.15, -0.1) is 10.2 Å². The van der Waals surface area contributed by atoms with E-state index in [1.807, 2.05) is 6.26 Å². The highest BCUT2D eigenvalue weighted by Crippen LogP contribution is 2.16. The van der Waals surface area contributed by atoms with Crippen molar-refractivity contribution in [1.29, 1.82) is 0 Å². The topological polar surface area (TPSA) is 91.5 Å². The number of methoxy groups -OCH3 is 2. The molecule has 0 fully saturated rings. The van der Waals surface area contributed by atoms with Crippen LogP contribution >= 0.6 is 11.8 Å². The van der Waals surface area contributed by atoms with Crippen molar-refractivity contribution in [3.63, 3.8) is 0 Å². The van der Waals surface area contributed by atoms with Gasteiger partial charge in [0, 0.05) is 6.42 Å². The first-order valence-corrected chi connectivity index (χ1v) is 6.36. The van der Waals surface area contributed by atoms with E-state index in [0.29, 0.717) is 17.5 Å². The van der Waals surface area contributed by atoms with Crippen LogP contribution in [0.4, 0.5) is 0 Å². The third-order valence-corrected chi connectivity index (χ3v) is 2.76. The van der Waals surface area contributed by atoms with Crippen LogP contribution in [0.1, 0.15) is 12.3 Å². The zero-order valence-corrected chi connectivity index (χ0v) is 11.2. The van der Waals surface area contributed by atoms with Gasteiger partial charge in [0.05, 0.1) is 14.2 Å². The van der Waals surface area contributed by atoms with Crippen LogP contribution in [0.2, 0.25) is 0 Å². The third kappa shape index (κ3) is 3.73. The van der Waals surface area contributed by atoms with Crippen molar-refractivity contribution in [3.05, 3.63) is 5.89 Å². The SMILES string of the molecule is COC(=O)C(CCc1nnc(SC)o1)C(=O)OC. The second kappa shape index (κ2) is 7.00. The smallest absolute Gasteiger partial charge is 0.320 e. The normalized spacial score (nSPS) is 10.4.